The second kappa shape index (κ2) is 5.95. The molecular formula is C14H13Cl2NOS. The summed E-state index contributed by atoms with van der Waals surface area (Å²) in [7, 11) is 1.79. The number of thiophene rings is 1. The number of hydrogen-bond acceptors (Lipinski definition) is 2. The number of amides is 1. The van der Waals surface area contributed by atoms with E-state index < -0.39 is 0 Å². The van der Waals surface area contributed by atoms with Crippen LogP contribution in [0.1, 0.15) is 28.2 Å². The smallest absolute Gasteiger partial charge is 0.264 e. The van der Waals surface area contributed by atoms with Crippen LogP contribution in [-0.2, 0) is 0 Å². The third-order valence-electron chi connectivity index (χ3n) is 3.04. The fourth-order valence-electron chi connectivity index (χ4n) is 1.74. The van der Waals surface area contributed by atoms with Crippen LogP contribution in [-0.4, -0.2) is 17.9 Å². The molecular weight excluding hydrogens is 301 g/mol. The molecule has 1 atom stereocenters. The Balaban J connectivity index is 2.16. The molecule has 0 saturated heterocycles. The van der Waals surface area contributed by atoms with E-state index in [4.69, 9.17) is 23.2 Å². The Morgan fingerprint density at radius 1 is 1.16 bits per heavy atom. The summed E-state index contributed by atoms with van der Waals surface area (Å²) < 4.78 is 0.621. The Bertz CT molecular complexity index is 579. The quantitative estimate of drug-likeness (QED) is 0.790. The van der Waals surface area contributed by atoms with Crippen molar-refractivity contribution in [3.63, 3.8) is 0 Å². The average molecular weight is 314 g/mol. The van der Waals surface area contributed by atoms with Gasteiger partial charge in [-0.3, -0.25) is 4.79 Å². The molecule has 0 spiro atoms. The van der Waals surface area contributed by atoms with Crippen molar-refractivity contribution in [2.75, 3.05) is 7.05 Å². The van der Waals surface area contributed by atoms with Crippen molar-refractivity contribution in [3.05, 3.63) is 56.2 Å². The molecule has 100 valence electrons. The molecule has 0 aliphatic heterocycles. The van der Waals surface area contributed by atoms with Gasteiger partial charge in [0, 0.05) is 12.1 Å². The van der Waals surface area contributed by atoms with Crippen LogP contribution in [0.2, 0.25) is 9.36 Å². The first-order valence-corrected chi connectivity index (χ1v) is 7.34. The molecule has 1 aromatic carbocycles. The van der Waals surface area contributed by atoms with Crippen molar-refractivity contribution < 1.29 is 4.79 Å². The van der Waals surface area contributed by atoms with Crippen molar-refractivity contribution in [3.8, 4) is 0 Å². The molecule has 1 unspecified atom stereocenters. The van der Waals surface area contributed by atoms with E-state index in [2.05, 4.69) is 0 Å². The molecule has 2 nitrogen and oxygen atoms in total. The average Bonchev–Trinajstić information content (AvgIpc) is 2.84. The molecule has 1 heterocycles. The zero-order valence-corrected chi connectivity index (χ0v) is 12.9. The van der Waals surface area contributed by atoms with Crippen molar-refractivity contribution in [1.29, 1.82) is 0 Å². The normalized spacial score (nSPS) is 12.2. The molecule has 1 aromatic heterocycles. The maximum atomic E-state index is 12.3. The maximum Gasteiger partial charge on any atom is 0.264 e. The number of nitrogens with zero attached hydrogens (tertiary/aromatic N) is 1. The summed E-state index contributed by atoms with van der Waals surface area (Å²) in [6, 6.07) is 11.0. The van der Waals surface area contributed by atoms with Crippen molar-refractivity contribution in [2.45, 2.75) is 13.0 Å². The van der Waals surface area contributed by atoms with Crippen LogP contribution in [0.25, 0.3) is 0 Å². The van der Waals surface area contributed by atoms with Gasteiger partial charge in [0.2, 0.25) is 0 Å². The predicted molar refractivity (Wildman–Crippen MR) is 81.3 cm³/mol. The van der Waals surface area contributed by atoms with E-state index in [0.717, 1.165) is 5.56 Å². The largest absolute Gasteiger partial charge is 0.334 e. The highest BCUT2D eigenvalue weighted by Gasteiger charge is 2.20. The van der Waals surface area contributed by atoms with Crippen LogP contribution in [0.5, 0.6) is 0 Å². The Morgan fingerprint density at radius 2 is 1.79 bits per heavy atom. The first-order chi connectivity index (χ1) is 8.99. The molecule has 0 aliphatic carbocycles. The molecule has 2 rings (SSSR count). The predicted octanol–water partition coefficient (Wildman–Crippen LogP) is 4.89. The molecule has 0 saturated carbocycles. The fraction of sp³-hybridized carbons (Fsp3) is 0.214. The van der Waals surface area contributed by atoms with E-state index >= 15 is 0 Å². The molecule has 0 aliphatic rings. The summed E-state index contributed by atoms with van der Waals surface area (Å²) in [6.07, 6.45) is 0. The van der Waals surface area contributed by atoms with Crippen molar-refractivity contribution in [1.82, 2.24) is 4.90 Å². The van der Waals surface area contributed by atoms with E-state index in [9.17, 15) is 4.79 Å². The van der Waals surface area contributed by atoms with Crippen LogP contribution in [0, 0.1) is 0 Å². The number of hydrogen-bond donors (Lipinski definition) is 0. The van der Waals surface area contributed by atoms with Gasteiger partial charge < -0.3 is 4.90 Å². The molecule has 0 fully saturated rings. The SMILES string of the molecule is CC(c1ccc(Cl)cc1)N(C)C(=O)c1ccc(Cl)s1. The molecule has 0 radical (unpaired) electrons. The lowest BCUT2D eigenvalue weighted by Gasteiger charge is -2.24. The van der Waals surface area contributed by atoms with Crippen LogP contribution >= 0.6 is 34.5 Å². The minimum absolute atomic E-state index is 0.0226. The topological polar surface area (TPSA) is 20.3 Å². The summed E-state index contributed by atoms with van der Waals surface area (Å²) in [5.74, 6) is -0.0284. The molecule has 2 aromatic rings. The zero-order valence-electron chi connectivity index (χ0n) is 10.6. The van der Waals surface area contributed by atoms with Gasteiger partial charge in [-0.05, 0) is 36.8 Å². The van der Waals surface area contributed by atoms with E-state index in [0.29, 0.717) is 14.2 Å². The second-order valence-corrected chi connectivity index (χ2v) is 6.40. The summed E-state index contributed by atoms with van der Waals surface area (Å²) in [4.78, 5) is 14.6. The lowest BCUT2D eigenvalue weighted by atomic mass is 10.1. The second-order valence-electron chi connectivity index (χ2n) is 4.25. The highest BCUT2D eigenvalue weighted by molar-refractivity contribution is 7.17. The van der Waals surface area contributed by atoms with Crippen LogP contribution in [0.3, 0.4) is 0 Å². The van der Waals surface area contributed by atoms with E-state index in [-0.39, 0.29) is 11.9 Å². The standard InChI is InChI=1S/C14H13Cl2NOS/c1-9(10-3-5-11(15)6-4-10)17(2)14(18)12-7-8-13(16)19-12/h3-9H,1-2H3. The highest BCUT2D eigenvalue weighted by Crippen LogP contribution is 2.26. The molecule has 1 amide bonds. The Morgan fingerprint density at radius 3 is 2.32 bits per heavy atom. The fourth-order valence-corrected chi connectivity index (χ4v) is 2.90. The molecule has 19 heavy (non-hydrogen) atoms. The van der Waals surface area contributed by atoms with Gasteiger partial charge in [0.05, 0.1) is 15.3 Å². The van der Waals surface area contributed by atoms with Gasteiger partial charge in [0.1, 0.15) is 0 Å². The van der Waals surface area contributed by atoms with Gasteiger partial charge in [-0.2, -0.15) is 0 Å². The van der Waals surface area contributed by atoms with E-state index in [1.807, 2.05) is 31.2 Å². The summed E-state index contributed by atoms with van der Waals surface area (Å²) in [5, 5.41) is 0.690. The minimum Gasteiger partial charge on any atom is -0.334 e. The Hall–Kier alpha value is -1.03. The number of carbonyl (C=O) groups is 1. The lowest BCUT2D eigenvalue weighted by Crippen LogP contribution is -2.29. The number of benzene rings is 1. The summed E-state index contributed by atoms with van der Waals surface area (Å²) in [5.41, 5.74) is 1.04. The maximum absolute atomic E-state index is 12.3. The third-order valence-corrected chi connectivity index (χ3v) is 4.51. The number of rotatable bonds is 3. The third kappa shape index (κ3) is 3.30. The van der Waals surface area contributed by atoms with Gasteiger partial charge in [-0.15, -0.1) is 11.3 Å². The first-order valence-electron chi connectivity index (χ1n) is 5.77. The molecule has 0 bridgehead atoms. The van der Waals surface area contributed by atoms with Crippen LogP contribution in [0.4, 0.5) is 0 Å². The highest BCUT2D eigenvalue weighted by atomic mass is 35.5. The number of halogens is 2. The Labute approximate surface area is 126 Å². The monoisotopic (exact) mass is 313 g/mol. The van der Waals surface area contributed by atoms with Gasteiger partial charge in [0.25, 0.3) is 5.91 Å². The minimum atomic E-state index is -0.0284. The zero-order chi connectivity index (χ0) is 14.0. The Kier molecular flexibility index (Phi) is 4.50. The van der Waals surface area contributed by atoms with Gasteiger partial charge in [0.15, 0.2) is 0 Å². The molecule has 0 N–H and O–H groups in total. The van der Waals surface area contributed by atoms with Crippen molar-refractivity contribution in [2.24, 2.45) is 0 Å². The van der Waals surface area contributed by atoms with Gasteiger partial charge >= 0.3 is 0 Å². The van der Waals surface area contributed by atoms with Crippen molar-refractivity contribution >= 4 is 40.4 Å². The van der Waals surface area contributed by atoms with Gasteiger partial charge in [-0.1, -0.05) is 35.3 Å². The van der Waals surface area contributed by atoms with Crippen LogP contribution < -0.4 is 0 Å². The van der Waals surface area contributed by atoms with E-state index in [1.165, 1.54) is 11.3 Å². The lowest BCUT2D eigenvalue weighted by molar-refractivity contribution is 0.0747. The van der Waals surface area contributed by atoms with Crippen LogP contribution in [0.15, 0.2) is 36.4 Å². The first kappa shape index (κ1) is 14.4. The summed E-state index contributed by atoms with van der Waals surface area (Å²) >= 11 is 13.0. The van der Waals surface area contributed by atoms with Gasteiger partial charge in [-0.25, -0.2) is 0 Å². The van der Waals surface area contributed by atoms with E-state index in [1.54, 1.807) is 24.1 Å². The number of carbonyl (C=O) groups excluding carboxylic acids is 1. The molecule has 5 heteroatoms. The summed E-state index contributed by atoms with van der Waals surface area (Å²) in [6.45, 7) is 1.98.